The lowest BCUT2D eigenvalue weighted by molar-refractivity contribution is 0.243. The van der Waals surface area contributed by atoms with Crippen molar-refractivity contribution in [1.29, 1.82) is 0 Å². The van der Waals surface area contributed by atoms with E-state index in [0.29, 0.717) is 18.1 Å². The van der Waals surface area contributed by atoms with Crippen molar-refractivity contribution >= 4 is 27.3 Å². The molecule has 1 atom stereocenters. The van der Waals surface area contributed by atoms with E-state index in [1.165, 1.54) is 21.5 Å². The molecule has 1 heterocycles. The zero-order valence-corrected chi connectivity index (χ0v) is 11.9. The van der Waals surface area contributed by atoms with Crippen molar-refractivity contribution in [2.45, 2.75) is 32.2 Å². The highest BCUT2D eigenvalue weighted by molar-refractivity contribution is 9.11. The van der Waals surface area contributed by atoms with E-state index >= 15 is 0 Å². The molecule has 1 saturated carbocycles. The summed E-state index contributed by atoms with van der Waals surface area (Å²) >= 11 is 5.27. The molecule has 90 valence electrons. The third-order valence-corrected chi connectivity index (χ3v) is 5.21. The Balaban J connectivity index is 1.82. The van der Waals surface area contributed by atoms with E-state index in [1.807, 2.05) is 0 Å². The first-order valence-corrected chi connectivity index (χ1v) is 7.36. The van der Waals surface area contributed by atoms with Gasteiger partial charge in [0.15, 0.2) is 0 Å². The summed E-state index contributed by atoms with van der Waals surface area (Å²) in [6, 6.07) is 4.67. The zero-order chi connectivity index (χ0) is 11.6. The minimum Gasteiger partial charge on any atom is -0.396 e. The van der Waals surface area contributed by atoms with Crippen LogP contribution < -0.4 is 5.32 Å². The van der Waals surface area contributed by atoms with Crippen LogP contribution in [0.3, 0.4) is 0 Å². The molecule has 1 fully saturated rings. The van der Waals surface area contributed by atoms with E-state index in [4.69, 9.17) is 5.11 Å². The van der Waals surface area contributed by atoms with Crippen molar-refractivity contribution in [2.75, 3.05) is 13.2 Å². The molecule has 4 heteroatoms. The molecule has 0 amide bonds. The van der Waals surface area contributed by atoms with Crippen LogP contribution in [0.15, 0.2) is 15.9 Å². The topological polar surface area (TPSA) is 32.3 Å². The summed E-state index contributed by atoms with van der Waals surface area (Å²) in [5, 5.41) is 12.6. The number of hydrogen-bond acceptors (Lipinski definition) is 3. The summed E-state index contributed by atoms with van der Waals surface area (Å²) in [6.07, 6.45) is 3.48. The van der Waals surface area contributed by atoms with Crippen molar-refractivity contribution in [1.82, 2.24) is 5.32 Å². The van der Waals surface area contributed by atoms with Gasteiger partial charge in [0.05, 0.1) is 3.79 Å². The van der Waals surface area contributed by atoms with Gasteiger partial charge in [-0.3, -0.25) is 0 Å². The minimum atomic E-state index is 0.320. The number of aliphatic hydroxyl groups excluding tert-OH is 1. The fraction of sp³-hybridized carbons (Fsp3) is 0.667. The molecular weight excluding hydrogens is 286 g/mol. The van der Waals surface area contributed by atoms with Gasteiger partial charge in [-0.2, -0.15) is 0 Å². The summed E-state index contributed by atoms with van der Waals surface area (Å²) in [5.41, 5.74) is 0.400. The lowest BCUT2D eigenvalue weighted by Crippen LogP contribution is -2.27. The molecular formula is C12H18BrNOS. The van der Waals surface area contributed by atoms with Gasteiger partial charge in [-0.25, -0.2) is 0 Å². The van der Waals surface area contributed by atoms with Gasteiger partial charge < -0.3 is 10.4 Å². The van der Waals surface area contributed by atoms with E-state index in [1.54, 1.807) is 11.3 Å². The molecule has 0 spiro atoms. The lowest BCUT2D eigenvalue weighted by atomic mass is 10.0. The summed E-state index contributed by atoms with van der Waals surface area (Å²) < 4.78 is 1.19. The van der Waals surface area contributed by atoms with Crippen molar-refractivity contribution < 1.29 is 5.11 Å². The normalized spacial score (nSPS) is 19.7. The smallest absolute Gasteiger partial charge is 0.0701 e. The SMILES string of the molecule is CC(NCC1(CCO)CC1)c1ccc(Br)s1. The first-order chi connectivity index (χ1) is 7.65. The molecule has 2 rings (SSSR count). The average molecular weight is 304 g/mol. The number of nitrogens with one attached hydrogen (secondary N) is 1. The fourth-order valence-electron chi connectivity index (χ4n) is 1.96. The molecule has 2 N–H and O–H groups in total. The van der Waals surface area contributed by atoms with Gasteiger partial charge >= 0.3 is 0 Å². The Labute approximate surface area is 109 Å². The van der Waals surface area contributed by atoms with Crippen LogP contribution >= 0.6 is 27.3 Å². The van der Waals surface area contributed by atoms with Crippen LogP contribution in [0.25, 0.3) is 0 Å². The number of thiophene rings is 1. The van der Waals surface area contributed by atoms with Gasteiger partial charge in [0, 0.05) is 24.1 Å². The Bertz CT molecular complexity index is 349. The Hall–Kier alpha value is 0.1000. The van der Waals surface area contributed by atoms with Gasteiger partial charge in [0.1, 0.15) is 0 Å². The number of halogens is 1. The highest BCUT2D eigenvalue weighted by Crippen LogP contribution is 2.48. The van der Waals surface area contributed by atoms with Crippen molar-refractivity contribution in [3.63, 3.8) is 0 Å². The molecule has 0 radical (unpaired) electrons. The highest BCUT2D eigenvalue weighted by atomic mass is 79.9. The van der Waals surface area contributed by atoms with Crippen LogP contribution in [-0.4, -0.2) is 18.3 Å². The van der Waals surface area contributed by atoms with Crippen molar-refractivity contribution in [3.05, 3.63) is 20.8 Å². The van der Waals surface area contributed by atoms with Gasteiger partial charge in [-0.05, 0) is 59.7 Å². The van der Waals surface area contributed by atoms with Crippen LogP contribution in [0.1, 0.15) is 37.1 Å². The Kier molecular flexibility index (Phi) is 4.06. The lowest BCUT2D eigenvalue weighted by Gasteiger charge is -2.18. The molecule has 0 bridgehead atoms. The summed E-state index contributed by atoms with van der Waals surface area (Å²) in [6.45, 7) is 3.55. The molecule has 0 saturated heterocycles. The van der Waals surface area contributed by atoms with E-state index in [2.05, 4.69) is 40.3 Å². The standard InChI is InChI=1S/C12H18BrNOS/c1-9(10-2-3-11(13)16-10)14-8-12(4-5-12)6-7-15/h2-3,9,14-15H,4-8H2,1H3. The van der Waals surface area contributed by atoms with Crippen LogP contribution in [0, 0.1) is 5.41 Å². The van der Waals surface area contributed by atoms with E-state index in [9.17, 15) is 0 Å². The van der Waals surface area contributed by atoms with Gasteiger partial charge in [-0.1, -0.05) is 0 Å². The number of hydrogen-bond donors (Lipinski definition) is 2. The predicted molar refractivity (Wildman–Crippen MR) is 71.8 cm³/mol. The van der Waals surface area contributed by atoms with Crippen LogP contribution in [-0.2, 0) is 0 Å². The third-order valence-electron chi connectivity index (χ3n) is 3.40. The van der Waals surface area contributed by atoms with Gasteiger partial charge in [0.2, 0.25) is 0 Å². The molecule has 1 aromatic rings. The first-order valence-electron chi connectivity index (χ1n) is 5.75. The molecule has 1 aliphatic carbocycles. The highest BCUT2D eigenvalue weighted by Gasteiger charge is 2.41. The maximum absolute atomic E-state index is 9.00. The minimum absolute atomic E-state index is 0.320. The molecule has 1 unspecified atom stereocenters. The van der Waals surface area contributed by atoms with Crippen molar-refractivity contribution in [2.24, 2.45) is 5.41 Å². The Morgan fingerprint density at radius 2 is 2.31 bits per heavy atom. The molecule has 1 aliphatic rings. The average Bonchev–Trinajstić information content (AvgIpc) is 2.89. The maximum atomic E-state index is 9.00. The molecule has 2 nitrogen and oxygen atoms in total. The van der Waals surface area contributed by atoms with E-state index in [-0.39, 0.29) is 0 Å². The van der Waals surface area contributed by atoms with E-state index < -0.39 is 0 Å². The predicted octanol–water partition coefficient (Wildman–Crippen LogP) is 3.32. The van der Waals surface area contributed by atoms with Crippen molar-refractivity contribution in [3.8, 4) is 0 Å². The summed E-state index contributed by atoms with van der Waals surface area (Å²) in [4.78, 5) is 1.37. The molecule has 0 aromatic carbocycles. The van der Waals surface area contributed by atoms with Gasteiger partial charge in [0.25, 0.3) is 0 Å². The third kappa shape index (κ3) is 3.06. The zero-order valence-electron chi connectivity index (χ0n) is 9.50. The Morgan fingerprint density at radius 3 is 2.81 bits per heavy atom. The second-order valence-electron chi connectivity index (χ2n) is 4.72. The largest absolute Gasteiger partial charge is 0.396 e. The monoisotopic (exact) mass is 303 g/mol. The maximum Gasteiger partial charge on any atom is 0.0701 e. The second kappa shape index (κ2) is 5.17. The quantitative estimate of drug-likeness (QED) is 0.845. The Morgan fingerprint density at radius 1 is 1.56 bits per heavy atom. The van der Waals surface area contributed by atoms with E-state index in [0.717, 1.165) is 13.0 Å². The molecule has 0 aliphatic heterocycles. The van der Waals surface area contributed by atoms with Gasteiger partial charge in [-0.15, -0.1) is 11.3 Å². The summed E-state index contributed by atoms with van der Waals surface area (Å²) in [5.74, 6) is 0. The molecule has 1 aromatic heterocycles. The second-order valence-corrected chi connectivity index (χ2v) is 7.21. The molecule has 16 heavy (non-hydrogen) atoms. The summed E-state index contributed by atoms with van der Waals surface area (Å²) in [7, 11) is 0. The number of aliphatic hydroxyl groups is 1. The van der Waals surface area contributed by atoms with Crippen LogP contribution in [0.2, 0.25) is 0 Å². The van der Waals surface area contributed by atoms with Crippen LogP contribution in [0.4, 0.5) is 0 Å². The first kappa shape index (κ1) is 12.6. The number of rotatable bonds is 6. The van der Waals surface area contributed by atoms with Crippen LogP contribution in [0.5, 0.6) is 0 Å². The fourth-order valence-corrected chi connectivity index (χ4v) is 3.41.